The van der Waals surface area contributed by atoms with Crippen LogP contribution in [0.2, 0.25) is 0 Å². The van der Waals surface area contributed by atoms with Crippen molar-refractivity contribution in [1.29, 1.82) is 0 Å². The Hall–Kier alpha value is -2.87. The molecule has 2 aromatic heterocycles. The van der Waals surface area contributed by atoms with Gasteiger partial charge in [-0.2, -0.15) is 0 Å². The summed E-state index contributed by atoms with van der Waals surface area (Å²) < 4.78 is 32.4. The Morgan fingerprint density at radius 2 is 2.16 bits per heavy atom. The minimum Gasteiger partial charge on any atom is -0.477 e. The maximum atomic E-state index is 13.8. The van der Waals surface area contributed by atoms with E-state index in [0.29, 0.717) is 6.61 Å². The van der Waals surface area contributed by atoms with Gasteiger partial charge in [0.2, 0.25) is 5.88 Å². The molecule has 1 aromatic carbocycles. The second-order valence-electron chi connectivity index (χ2n) is 4.91. The number of pyridine rings is 1. The standard InChI is InChI=1S/C17H13F2N3O2S/c1-2-24-16-11(4-3-7-20-16)15(23)22-17-21-14(9-25-17)12-8-10(18)5-6-13(12)19/h3-9H,2H2,1H3,(H,21,22,23). The molecule has 5 nitrogen and oxygen atoms in total. The van der Waals surface area contributed by atoms with Crippen molar-refractivity contribution in [1.82, 2.24) is 9.97 Å². The summed E-state index contributed by atoms with van der Waals surface area (Å²) in [5, 5.41) is 4.41. The number of ether oxygens (including phenoxy) is 1. The third-order valence-corrected chi connectivity index (χ3v) is 3.98. The number of benzene rings is 1. The van der Waals surface area contributed by atoms with Crippen molar-refractivity contribution >= 4 is 22.4 Å². The quantitative estimate of drug-likeness (QED) is 0.742. The molecule has 0 radical (unpaired) electrons. The van der Waals surface area contributed by atoms with Gasteiger partial charge in [0.05, 0.1) is 12.3 Å². The van der Waals surface area contributed by atoms with E-state index in [4.69, 9.17) is 4.74 Å². The SMILES string of the molecule is CCOc1ncccc1C(=O)Nc1nc(-c2cc(F)ccc2F)cs1. The molecule has 0 atom stereocenters. The van der Waals surface area contributed by atoms with Crippen LogP contribution in [0, 0.1) is 11.6 Å². The molecule has 25 heavy (non-hydrogen) atoms. The number of hydrogen-bond acceptors (Lipinski definition) is 5. The Morgan fingerprint density at radius 3 is 2.96 bits per heavy atom. The first-order chi connectivity index (χ1) is 12.1. The Balaban J connectivity index is 1.82. The van der Waals surface area contributed by atoms with Gasteiger partial charge in [-0.15, -0.1) is 11.3 Å². The number of nitrogens with zero attached hydrogens (tertiary/aromatic N) is 2. The fourth-order valence-corrected chi connectivity index (χ4v) is 2.83. The van der Waals surface area contributed by atoms with Crippen LogP contribution in [-0.4, -0.2) is 22.5 Å². The van der Waals surface area contributed by atoms with Crippen molar-refractivity contribution in [3.63, 3.8) is 0 Å². The number of carbonyl (C=O) groups is 1. The molecule has 3 aromatic rings. The van der Waals surface area contributed by atoms with Crippen molar-refractivity contribution in [2.24, 2.45) is 0 Å². The zero-order valence-electron chi connectivity index (χ0n) is 13.1. The number of nitrogens with one attached hydrogen (secondary N) is 1. The molecule has 3 rings (SSSR count). The highest BCUT2D eigenvalue weighted by molar-refractivity contribution is 7.14. The van der Waals surface area contributed by atoms with Gasteiger partial charge < -0.3 is 4.74 Å². The topological polar surface area (TPSA) is 64.1 Å². The first kappa shape index (κ1) is 17.0. The van der Waals surface area contributed by atoms with Gasteiger partial charge >= 0.3 is 0 Å². The van der Waals surface area contributed by atoms with E-state index in [0.717, 1.165) is 29.5 Å². The summed E-state index contributed by atoms with van der Waals surface area (Å²) in [6, 6.07) is 6.32. The van der Waals surface area contributed by atoms with Crippen molar-refractivity contribution in [3.05, 3.63) is 59.1 Å². The van der Waals surface area contributed by atoms with Gasteiger partial charge in [-0.25, -0.2) is 18.7 Å². The maximum Gasteiger partial charge on any atom is 0.262 e. The molecule has 0 saturated heterocycles. The van der Waals surface area contributed by atoms with E-state index in [1.807, 2.05) is 0 Å². The van der Waals surface area contributed by atoms with Gasteiger partial charge in [0.25, 0.3) is 5.91 Å². The molecule has 2 heterocycles. The summed E-state index contributed by atoms with van der Waals surface area (Å²) in [4.78, 5) is 20.5. The summed E-state index contributed by atoms with van der Waals surface area (Å²) in [6.07, 6.45) is 1.52. The number of aromatic nitrogens is 2. The molecule has 0 aliphatic rings. The maximum absolute atomic E-state index is 13.8. The fourth-order valence-electron chi connectivity index (χ4n) is 2.13. The summed E-state index contributed by atoms with van der Waals surface area (Å²) in [5.41, 5.74) is 0.541. The van der Waals surface area contributed by atoms with Crippen LogP contribution < -0.4 is 10.1 Å². The highest BCUT2D eigenvalue weighted by Gasteiger charge is 2.16. The number of halogens is 2. The lowest BCUT2D eigenvalue weighted by molar-refractivity contribution is 0.102. The minimum atomic E-state index is -0.588. The highest BCUT2D eigenvalue weighted by atomic mass is 32.1. The van der Waals surface area contributed by atoms with Crippen LogP contribution in [0.15, 0.2) is 41.9 Å². The predicted molar refractivity (Wildman–Crippen MR) is 90.8 cm³/mol. The zero-order valence-corrected chi connectivity index (χ0v) is 13.9. The number of thiazole rings is 1. The van der Waals surface area contributed by atoms with Crippen LogP contribution in [-0.2, 0) is 0 Å². The van der Waals surface area contributed by atoms with E-state index >= 15 is 0 Å². The first-order valence-electron chi connectivity index (χ1n) is 7.38. The van der Waals surface area contributed by atoms with E-state index in [9.17, 15) is 13.6 Å². The molecule has 1 amide bonds. The molecular formula is C17H13F2N3O2S. The summed E-state index contributed by atoms with van der Waals surface area (Å²) in [6.45, 7) is 2.16. The van der Waals surface area contributed by atoms with Crippen molar-refractivity contribution in [3.8, 4) is 17.1 Å². The van der Waals surface area contributed by atoms with Crippen LogP contribution in [0.4, 0.5) is 13.9 Å². The van der Waals surface area contributed by atoms with Gasteiger partial charge in [0.15, 0.2) is 5.13 Å². The summed E-state index contributed by atoms with van der Waals surface area (Å²) >= 11 is 1.11. The number of rotatable bonds is 5. The second-order valence-corrected chi connectivity index (χ2v) is 5.76. The molecule has 0 bridgehead atoms. The molecule has 0 aliphatic carbocycles. The van der Waals surface area contributed by atoms with Crippen LogP contribution in [0.5, 0.6) is 5.88 Å². The van der Waals surface area contributed by atoms with Crippen LogP contribution >= 0.6 is 11.3 Å². The van der Waals surface area contributed by atoms with E-state index in [1.54, 1.807) is 24.4 Å². The lowest BCUT2D eigenvalue weighted by Crippen LogP contribution is -2.14. The largest absolute Gasteiger partial charge is 0.477 e. The molecular weight excluding hydrogens is 348 g/mol. The van der Waals surface area contributed by atoms with E-state index in [-0.39, 0.29) is 27.8 Å². The average molecular weight is 361 g/mol. The molecule has 128 valence electrons. The lowest BCUT2D eigenvalue weighted by Gasteiger charge is -2.07. The number of carbonyl (C=O) groups excluding carboxylic acids is 1. The second kappa shape index (κ2) is 7.35. The Bertz CT molecular complexity index is 914. The molecule has 0 fully saturated rings. The van der Waals surface area contributed by atoms with Crippen molar-refractivity contribution in [2.45, 2.75) is 6.92 Å². The van der Waals surface area contributed by atoms with Crippen LogP contribution in [0.3, 0.4) is 0 Å². The van der Waals surface area contributed by atoms with Gasteiger partial charge in [-0.1, -0.05) is 0 Å². The fraction of sp³-hybridized carbons (Fsp3) is 0.118. The molecule has 0 unspecified atom stereocenters. The van der Waals surface area contributed by atoms with Crippen LogP contribution in [0.1, 0.15) is 17.3 Å². The molecule has 8 heteroatoms. The van der Waals surface area contributed by atoms with E-state index < -0.39 is 17.5 Å². The van der Waals surface area contributed by atoms with Gasteiger partial charge in [-0.05, 0) is 37.3 Å². The van der Waals surface area contributed by atoms with Crippen molar-refractivity contribution in [2.75, 3.05) is 11.9 Å². The van der Waals surface area contributed by atoms with Crippen LogP contribution in [0.25, 0.3) is 11.3 Å². The predicted octanol–water partition coefficient (Wildman–Crippen LogP) is 4.13. The average Bonchev–Trinajstić information content (AvgIpc) is 3.06. The third kappa shape index (κ3) is 3.80. The number of amides is 1. The first-order valence-corrected chi connectivity index (χ1v) is 8.26. The lowest BCUT2D eigenvalue weighted by atomic mass is 10.1. The number of anilines is 1. The Morgan fingerprint density at radius 1 is 1.32 bits per heavy atom. The summed E-state index contributed by atoms with van der Waals surface area (Å²) in [7, 11) is 0. The zero-order chi connectivity index (χ0) is 17.8. The van der Waals surface area contributed by atoms with Gasteiger partial charge in [-0.3, -0.25) is 10.1 Å². The third-order valence-electron chi connectivity index (χ3n) is 3.23. The highest BCUT2D eigenvalue weighted by Crippen LogP contribution is 2.28. The van der Waals surface area contributed by atoms with Gasteiger partial charge in [0, 0.05) is 17.1 Å². The summed E-state index contributed by atoms with van der Waals surface area (Å²) in [5.74, 6) is -1.38. The number of hydrogen-bond donors (Lipinski definition) is 1. The minimum absolute atomic E-state index is 0.0353. The molecule has 0 saturated carbocycles. The molecule has 1 N–H and O–H groups in total. The Labute approximate surface area is 146 Å². The normalized spacial score (nSPS) is 10.5. The monoisotopic (exact) mass is 361 g/mol. The Kier molecular flexibility index (Phi) is 4.99. The molecule has 0 spiro atoms. The molecule has 0 aliphatic heterocycles. The van der Waals surface area contributed by atoms with E-state index in [1.165, 1.54) is 6.20 Å². The van der Waals surface area contributed by atoms with Crippen molar-refractivity contribution < 1.29 is 18.3 Å². The van der Waals surface area contributed by atoms with Gasteiger partial charge in [0.1, 0.15) is 17.2 Å². The van der Waals surface area contributed by atoms with E-state index in [2.05, 4.69) is 15.3 Å². The smallest absolute Gasteiger partial charge is 0.262 e.